The summed E-state index contributed by atoms with van der Waals surface area (Å²) in [6, 6.07) is 6.87. The number of aliphatic hydroxyl groups is 1. The first-order valence-electron chi connectivity index (χ1n) is 6.45. The minimum absolute atomic E-state index is 0.0421. The van der Waals surface area contributed by atoms with E-state index >= 15 is 0 Å². The van der Waals surface area contributed by atoms with Gasteiger partial charge < -0.3 is 14.8 Å². The van der Waals surface area contributed by atoms with Crippen LogP contribution in [0.3, 0.4) is 0 Å². The van der Waals surface area contributed by atoms with Crippen LogP contribution < -0.4 is 5.32 Å². The molecule has 1 aromatic heterocycles. The third kappa shape index (κ3) is 3.88. The van der Waals surface area contributed by atoms with Crippen LogP contribution in [0.2, 0.25) is 0 Å². The molecule has 0 amide bonds. The monoisotopic (exact) mass is 281 g/mol. The number of hydrogen-bond donors (Lipinski definition) is 2. The van der Waals surface area contributed by atoms with Crippen LogP contribution in [0.4, 0.5) is 8.78 Å². The Bertz CT molecular complexity index is 543. The van der Waals surface area contributed by atoms with Gasteiger partial charge in [-0.3, -0.25) is 0 Å². The Hall–Kier alpha value is -1.72. The highest BCUT2D eigenvalue weighted by Gasteiger charge is 2.15. The van der Waals surface area contributed by atoms with Crippen molar-refractivity contribution in [3.05, 3.63) is 59.6 Å². The summed E-state index contributed by atoms with van der Waals surface area (Å²) >= 11 is 0. The van der Waals surface area contributed by atoms with Gasteiger partial charge in [0.25, 0.3) is 0 Å². The van der Waals surface area contributed by atoms with Gasteiger partial charge in [-0.25, -0.2) is 8.78 Å². The Kier molecular flexibility index (Phi) is 4.87. The molecule has 0 spiro atoms. The summed E-state index contributed by atoms with van der Waals surface area (Å²) in [6.45, 7) is 2.16. The second-order valence-corrected chi connectivity index (χ2v) is 4.78. The topological polar surface area (TPSA) is 45.4 Å². The van der Waals surface area contributed by atoms with Crippen LogP contribution in [0, 0.1) is 11.6 Å². The number of halogens is 2. The summed E-state index contributed by atoms with van der Waals surface area (Å²) in [4.78, 5) is 0. The molecule has 2 N–H and O–H groups in total. The lowest BCUT2D eigenvalue weighted by molar-refractivity contribution is 0.128. The zero-order valence-corrected chi connectivity index (χ0v) is 11.1. The lowest BCUT2D eigenvalue weighted by Crippen LogP contribution is -2.27. The second-order valence-electron chi connectivity index (χ2n) is 4.78. The average Bonchev–Trinajstić information content (AvgIpc) is 2.91. The van der Waals surface area contributed by atoms with Crippen LogP contribution in [0.15, 0.2) is 41.0 Å². The molecule has 0 bridgehead atoms. The van der Waals surface area contributed by atoms with Crippen LogP contribution in [-0.4, -0.2) is 11.1 Å². The molecule has 0 saturated carbocycles. The Labute approximate surface area is 116 Å². The van der Waals surface area contributed by atoms with Gasteiger partial charge in [-0.05, 0) is 31.5 Å². The van der Waals surface area contributed by atoms with Crippen molar-refractivity contribution in [2.75, 3.05) is 0 Å². The predicted octanol–water partition coefficient (Wildman–Crippen LogP) is 3.16. The zero-order chi connectivity index (χ0) is 14.5. The molecule has 2 aromatic rings. The molecule has 3 nitrogen and oxygen atoms in total. The Morgan fingerprint density at radius 3 is 2.75 bits per heavy atom. The third-order valence-electron chi connectivity index (χ3n) is 3.10. The largest absolute Gasteiger partial charge is 0.467 e. The minimum atomic E-state index is -0.703. The summed E-state index contributed by atoms with van der Waals surface area (Å²) in [5.41, 5.74) is 0.394. The van der Waals surface area contributed by atoms with E-state index in [1.54, 1.807) is 12.1 Å². The number of benzene rings is 1. The van der Waals surface area contributed by atoms with Crippen molar-refractivity contribution in [3.63, 3.8) is 0 Å². The maximum absolute atomic E-state index is 13.4. The number of hydrogen-bond acceptors (Lipinski definition) is 3. The predicted molar refractivity (Wildman–Crippen MR) is 70.9 cm³/mol. The standard InChI is InChI=1S/C15H17F2NO2/c1-10(7-14(19)15-3-2-6-20-15)18-9-11-4-5-12(16)8-13(11)17/h2-6,8,10,14,18-19H,7,9H2,1H3. The second kappa shape index (κ2) is 6.63. The van der Waals surface area contributed by atoms with Gasteiger partial charge in [-0.1, -0.05) is 6.07 Å². The van der Waals surface area contributed by atoms with Crippen molar-refractivity contribution in [1.29, 1.82) is 0 Å². The van der Waals surface area contributed by atoms with Crippen molar-refractivity contribution in [3.8, 4) is 0 Å². The number of nitrogens with one attached hydrogen (secondary N) is 1. The van der Waals surface area contributed by atoms with Gasteiger partial charge >= 0.3 is 0 Å². The molecule has 2 unspecified atom stereocenters. The quantitative estimate of drug-likeness (QED) is 0.855. The van der Waals surface area contributed by atoms with Crippen molar-refractivity contribution in [2.24, 2.45) is 0 Å². The number of rotatable bonds is 6. The number of aliphatic hydroxyl groups excluding tert-OH is 1. The average molecular weight is 281 g/mol. The summed E-state index contributed by atoms with van der Waals surface area (Å²) in [6.07, 6.45) is 1.24. The molecule has 1 heterocycles. The molecule has 1 aromatic carbocycles. The van der Waals surface area contributed by atoms with Gasteiger partial charge in [-0.2, -0.15) is 0 Å². The summed E-state index contributed by atoms with van der Waals surface area (Å²) < 4.78 is 31.3. The van der Waals surface area contributed by atoms with Gasteiger partial charge in [0.2, 0.25) is 0 Å². The van der Waals surface area contributed by atoms with E-state index in [1.807, 2.05) is 6.92 Å². The van der Waals surface area contributed by atoms with Crippen LogP contribution in [0.5, 0.6) is 0 Å². The first-order valence-corrected chi connectivity index (χ1v) is 6.45. The minimum Gasteiger partial charge on any atom is -0.467 e. The summed E-state index contributed by atoms with van der Waals surface area (Å²) in [7, 11) is 0. The molecule has 2 rings (SSSR count). The maximum Gasteiger partial charge on any atom is 0.132 e. The van der Waals surface area contributed by atoms with Crippen molar-refractivity contribution in [1.82, 2.24) is 5.32 Å². The van der Waals surface area contributed by atoms with Crippen molar-refractivity contribution in [2.45, 2.75) is 32.0 Å². The van der Waals surface area contributed by atoms with Crippen LogP contribution >= 0.6 is 0 Å². The third-order valence-corrected chi connectivity index (χ3v) is 3.10. The van der Waals surface area contributed by atoms with Gasteiger partial charge in [-0.15, -0.1) is 0 Å². The maximum atomic E-state index is 13.4. The van der Waals surface area contributed by atoms with E-state index in [9.17, 15) is 13.9 Å². The molecule has 0 fully saturated rings. The highest BCUT2D eigenvalue weighted by Crippen LogP contribution is 2.18. The SMILES string of the molecule is CC(CC(O)c1ccco1)NCc1ccc(F)cc1F. The highest BCUT2D eigenvalue weighted by molar-refractivity contribution is 5.18. The van der Waals surface area contributed by atoms with Gasteiger partial charge in [0.15, 0.2) is 0 Å². The molecule has 0 aliphatic heterocycles. The van der Waals surface area contributed by atoms with E-state index in [2.05, 4.69) is 5.32 Å². The van der Waals surface area contributed by atoms with Crippen LogP contribution in [-0.2, 0) is 6.54 Å². The van der Waals surface area contributed by atoms with Gasteiger partial charge in [0, 0.05) is 24.2 Å². The van der Waals surface area contributed by atoms with E-state index in [4.69, 9.17) is 4.42 Å². The highest BCUT2D eigenvalue weighted by atomic mass is 19.1. The fraction of sp³-hybridized carbons (Fsp3) is 0.333. The van der Waals surface area contributed by atoms with Crippen molar-refractivity contribution < 1.29 is 18.3 Å². The lowest BCUT2D eigenvalue weighted by Gasteiger charge is -2.17. The lowest BCUT2D eigenvalue weighted by atomic mass is 10.1. The first kappa shape index (κ1) is 14.7. The Morgan fingerprint density at radius 2 is 2.10 bits per heavy atom. The van der Waals surface area contributed by atoms with E-state index in [0.717, 1.165) is 6.07 Å². The van der Waals surface area contributed by atoms with Crippen LogP contribution in [0.1, 0.15) is 30.8 Å². The molecule has 0 aliphatic carbocycles. The van der Waals surface area contributed by atoms with Crippen LogP contribution in [0.25, 0.3) is 0 Å². The van der Waals surface area contributed by atoms with E-state index in [1.165, 1.54) is 18.4 Å². The number of furan rings is 1. The fourth-order valence-electron chi connectivity index (χ4n) is 1.96. The van der Waals surface area contributed by atoms with Crippen molar-refractivity contribution >= 4 is 0 Å². The Balaban J connectivity index is 1.84. The molecule has 0 saturated heterocycles. The summed E-state index contributed by atoms with van der Waals surface area (Å²) in [5, 5.41) is 13.0. The fourth-order valence-corrected chi connectivity index (χ4v) is 1.96. The molecule has 5 heteroatoms. The zero-order valence-electron chi connectivity index (χ0n) is 11.1. The van der Waals surface area contributed by atoms with E-state index in [0.29, 0.717) is 17.7 Å². The molecular weight excluding hydrogens is 264 g/mol. The van der Waals surface area contributed by atoms with Gasteiger partial charge in [0.1, 0.15) is 23.5 Å². The molecule has 0 radical (unpaired) electrons. The molecule has 108 valence electrons. The van der Waals surface area contributed by atoms with E-state index in [-0.39, 0.29) is 12.6 Å². The Morgan fingerprint density at radius 1 is 1.30 bits per heavy atom. The smallest absolute Gasteiger partial charge is 0.132 e. The van der Waals surface area contributed by atoms with E-state index < -0.39 is 17.7 Å². The molecular formula is C15H17F2NO2. The molecule has 0 aliphatic rings. The first-order chi connectivity index (χ1) is 9.56. The molecule has 20 heavy (non-hydrogen) atoms. The summed E-state index contributed by atoms with van der Waals surface area (Å²) in [5.74, 6) is -0.657. The molecule has 2 atom stereocenters. The normalized spacial score (nSPS) is 14.2. The van der Waals surface area contributed by atoms with Gasteiger partial charge in [0.05, 0.1) is 6.26 Å².